The fraction of sp³-hybridized carbons (Fsp3) is 0. The molecular weight excluding hydrogens is 623 g/mol. The quantitative estimate of drug-likeness (QED) is 0.128. The van der Waals surface area contributed by atoms with Gasteiger partial charge in [0.05, 0.1) is 22.4 Å². The molecule has 9 rings (SSSR count). The Labute approximate surface area is 292 Å². The summed E-state index contributed by atoms with van der Waals surface area (Å²) >= 11 is 0. The van der Waals surface area contributed by atoms with Crippen LogP contribution in [0.3, 0.4) is 0 Å². The zero-order chi connectivity index (χ0) is 33.3. The van der Waals surface area contributed by atoms with Crippen LogP contribution in [0.4, 0.5) is 0 Å². The predicted molar refractivity (Wildman–Crippen MR) is 211 cm³/mol. The lowest BCUT2D eigenvalue weighted by Gasteiger charge is -2.34. The lowest BCUT2D eigenvalue weighted by molar-refractivity contribution is 0.996. The van der Waals surface area contributed by atoms with Gasteiger partial charge in [-0.05, 0) is 38.9 Å². The second-order valence-electron chi connectivity index (χ2n) is 12.6. The van der Waals surface area contributed by atoms with Crippen molar-refractivity contribution in [3.63, 3.8) is 0 Å². The SMILES string of the molecule is c1ccc(-c2cc(-c3ccccc3)nc(-n3c4ccccc4c4ccc([Si](c5ccccc5)(c5ccccc5)c5ccccc5)cc43)n2)cc1. The molecule has 50 heavy (non-hydrogen) atoms. The average molecular weight is 656 g/mol. The van der Waals surface area contributed by atoms with Gasteiger partial charge in [-0.2, -0.15) is 0 Å². The summed E-state index contributed by atoms with van der Waals surface area (Å²) in [5.74, 6) is 0.653. The largest absolute Gasteiger partial charge is 0.278 e. The summed E-state index contributed by atoms with van der Waals surface area (Å²) in [5.41, 5.74) is 6.05. The van der Waals surface area contributed by atoms with E-state index in [9.17, 15) is 0 Å². The molecule has 0 aliphatic heterocycles. The van der Waals surface area contributed by atoms with Gasteiger partial charge in [0.1, 0.15) is 0 Å². The molecule has 0 fully saturated rings. The van der Waals surface area contributed by atoms with Gasteiger partial charge in [0.15, 0.2) is 8.07 Å². The molecule has 0 aliphatic carbocycles. The number of rotatable bonds is 7. The van der Waals surface area contributed by atoms with Crippen LogP contribution in [-0.4, -0.2) is 22.6 Å². The van der Waals surface area contributed by atoms with Crippen LogP contribution in [0.2, 0.25) is 0 Å². The summed E-state index contributed by atoms with van der Waals surface area (Å²) in [7, 11) is -2.77. The maximum Gasteiger partial charge on any atom is 0.235 e. The Kier molecular flexibility index (Phi) is 7.49. The van der Waals surface area contributed by atoms with Crippen molar-refractivity contribution in [1.29, 1.82) is 0 Å². The molecule has 0 aliphatic rings. The van der Waals surface area contributed by atoms with Crippen molar-refractivity contribution < 1.29 is 0 Å². The fourth-order valence-electron chi connectivity index (χ4n) is 7.53. The van der Waals surface area contributed by atoms with Crippen LogP contribution in [0.25, 0.3) is 50.3 Å². The molecule has 0 bridgehead atoms. The molecule has 2 aromatic heterocycles. The van der Waals surface area contributed by atoms with E-state index in [4.69, 9.17) is 9.97 Å². The third kappa shape index (κ3) is 4.97. The minimum absolute atomic E-state index is 0.653. The number of para-hydroxylation sites is 1. The van der Waals surface area contributed by atoms with Crippen molar-refractivity contribution >= 4 is 50.6 Å². The summed E-state index contributed by atoms with van der Waals surface area (Å²) in [4.78, 5) is 10.6. The number of hydrogen-bond donors (Lipinski definition) is 0. The summed E-state index contributed by atoms with van der Waals surface area (Å²) in [6, 6.07) is 71.9. The number of aromatic nitrogens is 3. The fourth-order valence-corrected chi connectivity index (χ4v) is 12.3. The first-order chi connectivity index (χ1) is 24.8. The van der Waals surface area contributed by atoms with Crippen LogP contribution in [0.15, 0.2) is 200 Å². The van der Waals surface area contributed by atoms with E-state index in [2.05, 4.69) is 193 Å². The molecule has 2 heterocycles. The summed E-state index contributed by atoms with van der Waals surface area (Å²) in [6.07, 6.45) is 0. The molecule has 0 radical (unpaired) electrons. The Balaban J connectivity index is 1.38. The first-order valence-corrected chi connectivity index (χ1v) is 19.0. The molecule has 0 spiro atoms. The zero-order valence-electron chi connectivity index (χ0n) is 27.4. The van der Waals surface area contributed by atoms with Gasteiger partial charge in [0, 0.05) is 21.9 Å². The second-order valence-corrected chi connectivity index (χ2v) is 16.4. The minimum atomic E-state index is -2.77. The summed E-state index contributed by atoms with van der Waals surface area (Å²) in [5, 5.41) is 7.68. The molecule has 0 N–H and O–H groups in total. The van der Waals surface area contributed by atoms with Crippen molar-refractivity contribution in [3.05, 3.63) is 200 Å². The van der Waals surface area contributed by atoms with Crippen molar-refractivity contribution in [2.45, 2.75) is 0 Å². The van der Waals surface area contributed by atoms with Crippen LogP contribution < -0.4 is 20.7 Å². The lowest BCUT2D eigenvalue weighted by Crippen LogP contribution is -2.74. The standard InChI is InChI=1S/C46H33N3Si/c1-6-18-34(19-7-1)42-33-43(35-20-8-2-9-21-35)48-46(47-42)49-44-29-17-16-28-40(44)41-31-30-39(32-45(41)49)50(36-22-10-3-11-23-36,37-24-12-4-13-25-37)38-26-14-5-15-27-38/h1-33H. The molecule has 0 saturated carbocycles. The number of benzene rings is 7. The van der Waals surface area contributed by atoms with Crippen molar-refractivity contribution in [2.75, 3.05) is 0 Å². The average Bonchev–Trinajstić information content (AvgIpc) is 3.54. The highest BCUT2D eigenvalue weighted by Gasteiger charge is 2.41. The van der Waals surface area contributed by atoms with Crippen LogP contribution in [-0.2, 0) is 0 Å². The van der Waals surface area contributed by atoms with Crippen molar-refractivity contribution in [3.8, 4) is 28.5 Å². The highest BCUT2D eigenvalue weighted by molar-refractivity contribution is 7.20. The molecule has 7 aromatic carbocycles. The van der Waals surface area contributed by atoms with Gasteiger partial charge in [0.25, 0.3) is 0 Å². The van der Waals surface area contributed by atoms with Gasteiger partial charge in [-0.1, -0.05) is 182 Å². The Hall–Kier alpha value is -6.36. The van der Waals surface area contributed by atoms with Gasteiger partial charge in [0.2, 0.25) is 5.95 Å². The smallest absolute Gasteiger partial charge is 0.235 e. The Morgan fingerprint density at radius 2 is 0.760 bits per heavy atom. The molecule has 236 valence electrons. The van der Waals surface area contributed by atoms with E-state index in [-0.39, 0.29) is 0 Å². The molecule has 0 amide bonds. The monoisotopic (exact) mass is 655 g/mol. The summed E-state index contributed by atoms with van der Waals surface area (Å²) in [6.45, 7) is 0. The maximum absolute atomic E-state index is 5.30. The van der Waals surface area contributed by atoms with Gasteiger partial charge in [-0.3, -0.25) is 4.57 Å². The van der Waals surface area contributed by atoms with Gasteiger partial charge < -0.3 is 0 Å². The van der Waals surface area contributed by atoms with Crippen LogP contribution in [0.5, 0.6) is 0 Å². The number of hydrogen-bond acceptors (Lipinski definition) is 2. The van der Waals surface area contributed by atoms with E-state index < -0.39 is 8.07 Å². The zero-order valence-corrected chi connectivity index (χ0v) is 28.4. The van der Waals surface area contributed by atoms with E-state index in [1.807, 2.05) is 12.1 Å². The van der Waals surface area contributed by atoms with Gasteiger partial charge in [-0.25, -0.2) is 9.97 Å². The first-order valence-electron chi connectivity index (χ1n) is 17.0. The van der Waals surface area contributed by atoms with Crippen molar-refractivity contribution in [1.82, 2.24) is 14.5 Å². The van der Waals surface area contributed by atoms with E-state index in [0.29, 0.717) is 5.95 Å². The van der Waals surface area contributed by atoms with Crippen LogP contribution >= 0.6 is 0 Å². The molecule has 4 heteroatoms. The molecule has 0 saturated heterocycles. The van der Waals surface area contributed by atoms with Crippen molar-refractivity contribution in [2.24, 2.45) is 0 Å². The second kappa shape index (κ2) is 12.6. The molecular formula is C46H33N3Si. The van der Waals surface area contributed by atoms with Gasteiger partial charge in [-0.15, -0.1) is 0 Å². The van der Waals surface area contributed by atoms with E-state index in [0.717, 1.165) is 33.5 Å². The first kappa shape index (κ1) is 29.8. The highest BCUT2D eigenvalue weighted by atomic mass is 28.3. The topological polar surface area (TPSA) is 30.7 Å². The number of fused-ring (bicyclic) bond motifs is 3. The van der Waals surface area contributed by atoms with Gasteiger partial charge >= 0.3 is 0 Å². The maximum atomic E-state index is 5.30. The van der Waals surface area contributed by atoms with E-state index in [1.54, 1.807) is 0 Å². The van der Waals surface area contributed by atoms with Crippen LogP contribution in [0.1, 0.15) is 0 Å². The molecule has 0 unspecified atom stereocenters. The number of nitrogens with zero attached hydrogens (tertiary/aromatic N) is 3. The minimum Gasteiger partial charge on any atom is -0.278 e. The highest BCUT2D eigenvalue weighted by Crippen LogP contribution is 2.33. The summed E-state index contributed by atoms with van der Waals surface area (Å²) < 4.78 is 2.27. The predicted octanol–water partition coefficient (Wildman–Crippen LogP) is 8.29. The van der Waals surface area contributed by atoms with E-state index >= 15 is 0 Å². The van der Waals surface area contributed by atoms with Crippen LogP contribution in [0, 0.1) is 0 Å². The third-order valence-corrected chi connectivity index (χ3v) is 14.6. The molecule has 3 nitrogen and oxygen atoms in total. The normalized spacial score (nSPS) is 11.6. The molecule has 0 atom stereocenters. The Morgan fingerprint density at radius 3 is 1.26 bits per heavy atom. The Morgan fingerprint density at radius 1 is 0.340 bits per heavy atom. The molecule has 9 aromatic rings. The third-order valence-electron chi connectivity index (χ3n) is 9.78. The Bertz CT molecular complexity index is 2410. The lowest BCUT2D eigenvalue weighted by atomic mass is 10.1. The van der Waals surface area contributed by atoms with E-state index in [1.165, 1.54) is 31.5 Å².